The summed E-state index contributed by atoms with van der Waals surface area (Å²) < 4.78 is 13.8. The first-order valence-corrected chi connectivity index (χ1v) is 10.7. The molecule has 0 aliphatic heterocycles. The van der Waals surface area contributed by atoms with Crippen LogP contribution in [0.4, 0.5) is 0 Å². The number of hydrogen-bond donors (Lipinski definition) is 1. The molecule has 0 saturated carbocycles. The summed E-state index contributed by atoms with van der Waals surface area (Å²) >= 11 is 0. The van der Waals surface area contributed by atoms with Crippen molar-refractivity contribution in [3.05, 3.63) is 84.4 Å². The van der Waals surface area contributed by atoms with E-state index < -0.39 is 0 Å². The number of carbonyl (C=O) groups excluding carboxylic acids is 1. The summed E-state index contributed by atoms with van der Waals surface area (Å²) in [5, 5.41) is 2.94. The average Bonchev–Trinajstić information content (AvgIpc) is 3.18. The predicted molar refractivity (Wildman–Crippen MR) is 123 cm³/mol. The molecule has 0 saturated heterocycles. The number of fused-ring (bicyclic) bond motifs is 1. The minimum atomic E-state index is -0.142. The second-order valence-corrected chi connectivity index (χ2v) is 7.14. The summed E-state index contributed by atoms with van der Waals surface area (Å²) in [7, 11) is 0. The van der Waals surface area contributed by atoms with Crippen LogP contribution in [-0.2, 0) is 13.0 Å². The number of amides is 1. The fourth-order valence-corrected chi connectivity index (χ4v) is 3.54. The number of para-hydroxylation sites is 4. The quantitative estimate of drug-likeness (QED) is 0.413. The zero-order chi connectivity index (χ0) is 22.2. The number of imidazole rings is 1. The molecule has 2 heterocycles. The van der Waals surface area contributed by atoms with Crippen LogP contribution in [0.15, 0.2) is 73.1 Å². The lowest BCUT2D eigenvalue weighted by Gasteiger charge is -2.13. The number of carbonyl (C=O) groups is 1. The second kappa shape index (κ2) is 10.4. The maximum atomic E-state index is 12.3. The van der Waals surface area contributed by atoms with Crippen molar-refractivity contribution in [2.45, 2.75) is 19.9 Å². The van der Waals surface area contributed by atoms with Crippen molar-refractivity contribution in [3.63, 3.8) is 0 Å². The van der Waals surface area contributed by atoms with Crippen molar-refractivity contribution < 1.29 is 14.3 Å². The van der Waals surface area contributed by atoms with E-state index in [0.717, 1.165) is 28.4 Å². The Kier molecular flexibility index (Phi) is 6.97. The van der Waals surface area contributed by atoms with Crippen molar-refractivity contribution >= 4 is 16.9 Å². The molecule has 4 aromatic rings. The third kappa shape index (κ3) is 5.06. The highest BCUT2D eigenvalue weighted by molar-refractivity contribution is 5.93. The first-order chi connectivity index (χ1) is 15.8. The Morgan fingerprint density at radius 1 is 1.00 bits per heavy atom. The van der Waals surface area contributed by atoms with E-state index in [1.807, 2.05) is 55.5 Å². The molecule has 0 aliphatic carbocycles. The fraction of sp³-hybridized carbons (Fsp3) is 0.240. The second-order valence-electron chi connectivity index (χ2n) is 7.14. The number of pyridine rings is 1. The Labute approximate surface area is 187 Å². The van der Waals surface area contributed by atoms with Gasteiger partial charge >= 0.3 is 0 Å². The van der Waals surface area contributed by atoms with E-state index in [1.165, 1.54) is 0 Å². The molecular formula is C25H26N4O3. The van der Waals surface area contributed by atoms with E-state index in [-0.39, 0.29) is 5.91 Å². The van der Waals surface area contributed by atoms with E-state index in [4.69, 9.17) is 14.5 Å². The first kappa shape index (κ1) is 21.4. The van der Waals surface area contributed by atoms with Crippen LogP contribution in [-0.4, -0.2) is 40.2 Å². The molecule has 0 spiro atoms. The van der Waals surface area contributed by atoms with Gasteiger partial charge in [-0.15, -0.1) is 0 Å². The highest BCUT2D eigenvalue weighted by Gasteiger charge is 2.12. The number of nitrogens with one attached hydrogen (secondary N) is 1. The molecular weight excluding hydrogens is 404 g/mol. The van der Waals surface area contributed by atoms with Crippen LogP contribution in [0, 0.1) is 0 Å². The topological polar surface area (TPSA) is 78.3 Å². The average molecular weight is 431 g/mol. The van der Waals surface area contributed by atoms with Crippen molar-refractivity contribution in [1.82, 2.24) is 19.9 Å². The van der Waals surface area contributed by atoms with Gasteiger partial charge < -0.3 is 19.4 Å². The summed E-state index contributed by atoms with van der Waals surface area (Å²) in [5.41, 5.74) is 2.51. The van der Waals surface area contributed by atoms with E-state index in [2.05, 4.69) is 14.9 Å². The third-order valence-corrected chi connectivity index (χ3v) is 5.01. The molecule has 0 atom stereocenters. The highest BCUT2D eigenvalue weighted by atomic mass is 16.5. The Morgan fingerprint density at radius 3 is 2.56 bits per heavy atom. The van der Waals surface area contributed by atoms with Crippen LogP contribution in [0.25, 0.3) is 11.0 Å². The molecule has 7 heteroatoms. The summed E-state index contributed by atoms with van der Waals surface area (Å²) in [6.07, 6.45) is 3.81. The molecule has 1 amide bonds. The van der Waals surface area contributed by atoms with E-state index >= 15 is 0 Å². The summed E-state index contributed by atoms with van der Waals surface area (Å²) in [6, 6.07) is 19.2. The summed E-state index contributed by atoms with van der Waals surface area (Å²) in [6.45, 7) is 4.12. The smallest absolute Gasteiger partial charge is 0.252 e. The minimum absolute atomic E-state index is 0.142. The minimum Gasteiger partial charge on any atom is -0.490 e. The lowest BCUT2D eigenvalue weighted by Crippen LogP contribution is -2.26. The van der Waals surface area contributed by atoms with Crippen molar-refractivity contribution in [2.75, 3.05) is 19.8 Å². The van der Waals surface area contributed by atoms with Gasteiger partial charge in [0.15, 0.2) is 11.5 Å². The van der Waals surface area contributed by atoms with E-state index in [1.54, 1.807) is 24.5 Å². The van der Waals surface area contributed by atoms with Gasteiger partial charge in [0, 0.05) is 25.4 Å². The normalized spacial score (nSPS) is 10.8. The van der Waals surface area contributed by atoms with Crippen LogP contribution >= 0.6 is 0 Å². The number of nitrogens with zero attached hydrogens (tertiary/aromatic N) is 3. The molecule has 0 fully saturated rings. The molecule has 0 unspecified atom stereocenters. The molecule has 164 valence electrons. The Balaban J connectivity index is 1.43. The van der Waals surface area contributed by atoms with E-state index in [9.17, 15) is 4.79 Å². The highest BCUT2D eigenvalue weighted by Crippen LogP contribution is 2.26. The largest absolute Gasteiger partial charge is 0.490 e. The van der Waals surface area contributed by atoms with E-state index in [0.29, 0.717) is 38.3 Å². The van der Waals surface area contributed by atoms with Crippen LogP contribution in [0.1, 0.15) is 23.1 Å². The Bertz CT molecular complexity index is 1170. The maximum absolute atomic E-state index is 12.3. The zero-order valence-corrected chi connectivity index (χ0v) is 18.0. The van der Waals surface area contributed by atoms with Crippen LogP contribution in [0.2, 0.25) is 0 Å². The predicted octanol–water partition coefficient (Wildman–Crippen LogP) is 3.88. The van der Waals surface area contributed by atoms with Gasteiger partial charge in [0.05, 0.1) is 29.7 Å². The van der Waals surface area contributed by atoms with Gasteiger partial charge in [-0.2, -0.15) is 0 Å². The van der Waals surface area contributed by atoms with Crippen molar-refractivity contribution in [2.24, 2.45) is 0 Å². The molecule has 2 aromatic carbocycles. The lowest BCUT2D eigenvalue weighted by atomic mass is 10.2. The third-order valence-electron chi connectivity index (χ3n) is 5.01. The number of rotatable bonds is 10. The van der Waals surface area contributed by atoms with Gasteiger partial charge in [-0.1, -0.05) is 24.3 Å². The number of hydrogen-bond acceptors (Lipinski definition) is 5. The summed E-state index contributed by atoms with van der Waals surface area (Å²) in [4.78, 5) is 21.1. The van der Waals surface area contributed by atoms with Gasteiger partial charge in [0.1, 0.15) is 12.4 Å². The molecule has 1 N–H and O–H groups in total. The number of benzene rings is 2. The van der Waals surface area contributed by atoms with Crippen LogP contribution in [0.3, 0.4) is 0 Å². The monoisotopic (exact) mass is 430 g/mol. The van der Waals surface area contributed by atoms with Gasteiger partial charge in [-0.3, -0.25) is 9.78 Å². The first-order valence-electron chi connectivity index (χ1n) is 10.7. The summed E-state index contributed by atoms with van der Waals surface area (Å²) in [5.74, 6) is 2.23. The lowest BCUT2D eigenvalue weighted by molar-refractivity contribution is 0.0953. The Hall–Kier alpha value is -3.87. The molecule has 4 rings (SSSR count). The van der Waals surface area contributed by atoms with Crippen molar-refractivity contribution in [1.29, 1.82) is 0 Å². The fourth-order valence-electron chi connectivity index (χ4n) is 3.54. The molecule has 0 radical (unpaired) electrons. The van der Waals surface area contributed by atoms with Crippen LogP contribution < -0.4 is 14.8 Å². The molecule has 0 aliphatic rings. The molecule has 7 nitrogen and oxygen atoms in total. The van der Waals surface area contributed by atoms with Crippen molar-refractivity contribution in [3.8, 4) is 11.5 Å². The zero-order valence-electron chi connectivity index (χ0n) is 18.0. The molecule has 2 aromatic heterocycles. The maximum Gasteiger partial charge on any atom is 0.252 e. The molecule has 32 heavy (non-hydrogen) atoms. The van der Waals surface area contributed by atoms with Gasteiger partial charge in [0.25, 0.3) is 5.91 Å². The SMILES string of the molecule is CCOc1ccccc1OCCn1c(CCNC(=O)c2cccnc2)nc2ccccc21. The molecule has 0 bridgehead atoms. The standard InChI is InChI=1S/C25H26N4O3/c1-2-31-22-11-5-6-12-23(22)32-17-16-29-21-10-4-3-9-20(21)28-24(29)13-15-27-25(30)19-8-7-14-26-18-19/h3-12,14,18H,2,13,15-17H2,1H3,(H,27,30). The number of aromatic nitrogens is 3. The van der Waals surface area contributed by atoms with Gasteiger partial charge in [0.2, 0.25) is 0 Å². The Morgan fingerprint density at radius 2 is 1.78 bits per heavy atom. The van der Waals surface area contributed by atoms with Gasteiger partial charge in [-0.25, -0.2) is 4.98 Å². The van der Waals surface area contributed by atoms with Crippen LogP contribution in [0.5, 0.6) is 11.5 Å². The van der Waals surface area contributed by atoms with Gasteiger partial charge in [-0.05, 0) is 43.3 Å². The number of ether oxygens (including phenoxy) is 2.